The molecule has 0 spiro atoms. The molecule has 0 saturated heterocycles. The zero-order chi connectivity index (χ0) is 12.6. The number of nitrogens with zero attached hydrogens (tertiary/aromatic N) is 3. The van der Waals surface area contributed by atoms with Crippen LogP contribution in [0.3, 0.4) is 0 Å². The van der Waals surface area contributed by atoms with Crippen LogP contribution in [0.4, 0.5) is 9.59 Å². The third-order valence-corrected chi connectivity index (χ3v) is 2.10. The van der Waals surface area contributed by atoms with Gasteiger partial charge < -0.3 is 14.7 Å². The molecule has 0 aromatic rings. The van der Waals surface area contributed by atoms with Gasteiger partial charge >= 0.3 is 12.2 Å². The molecule has 0 heterocycles. The minimum atomic E-state index is -1.52. The molecule has 1 atom stereocenters. The lowest BCUT2D eigenvalue weighted by Gasteiger charge is -2.22. The quantitative estimate of drug-likeness (QED) is 0.730. The summed E-state index contributed by atoms with van der Waals surface area (Å²) in [5, 5.41) is 13.6. The van der Waals surface area contributed by atoms with Gasteiger partial charge in [0.15, 0.2) is 0 Å². The van der Waals surface area contributed by atoms with Gasteiger partial charge in [-0.15, -0.1) is 0 Å². The van der Waals surface area contributed by atoms with Gasteiger partial charge in [0.1, 0.15) is 0 Å². The molecule has 7 heteroatoms. The van der Waals surface area contributed by atoms with Crippen LogP contribution in [0.2, 0.25) is 0 Å². The molecule has 0 aromatic heterocycles. The van der Waals surface area contributed by atoms with Gasteiger partial charge in [0.05, 0.1) is 6.61 Å². The summed E-state index contributed by atoms with van der Waals surface area (Å²) in [5.41, 5.74) is 0. The van der Waals surface area contributed by atoms with Gasteiger partial charge in [0.25, 0.3) is 0 Å². The SMILES string of the molecule is CCC(CCOC(=O)N=NC(=O)O)N(C)C. The van der Waals surface area contributed by atoms with Gasteiger partial charge in [-0.3, -0.25) is 0 Å². The molecule has 1 unspecified atom stereocenters. The zero-order valence-electron chi connectivity index (χ0n) is 9.71. The Morgan fingerprint density at radius 1 is 1.38 bits per heavy atom. The number of azo groups is 1. The van der Waals surface area contributed by atoms with E-state index in [-0.39, 0.29) is 6.61 Å². The third-order valence-electron chi connectivity index (χ3n) is 2.10. The van der Waals surface area contributed by atoms with Crippen LogP contribution in [0, 0.1) is 0 Å². The number of rotatable bonds is 5. The van der Waals surface area contributed by atoms with E-state index in [1.807, 2.05) is 25.9 Å². The Labute approximate surface area is 94.1 Å². The van der Waals surface area contributed by atoms with Gasteiger partial charge in [-0.1, -0.05) is 17.2 Å². The number of carboxylic acid groups (broad SMARTS) is 1. The monoisotopic (exact) mass is 231 g/mol. The molecule has 0 fully saturated rings. The number of carbonyl (C=O) groups is 2. The standard InChI is InChI=1S/C9H17N3O4/c1-4-7(12(2)3)5-6-16-9(15)11-10-8(13)14/h7H,4-6H2,1-3H3,(H,13,14). The predicted octanol–water partition coefficient (Wildman–Crippen LogP) is 1.98. The summed E-state index contributed by atoms with van der Waals surface area (Å²) in [6, 6.07) is 0.323. The van der Waals surface area contributed by atoms with Crippen molar-refractivity contribution in [3.8, 4) is 0 Å². The average molecular weight is 231 g/mol. The van der Waals surface area contributed by atoms with Gasteiger partial charge in [-0.2, -0.15) is 0 Å². The highest BCUT2D eigenvalue weighted by Gasteiger charge is 2.09. The maximum Gasteiger partial charge on any atom is 0.452 e. The summed E-state index contributed by atoms with van der Waals surface area (Å²) in [6.07, 6.45) is -0.869. The van der Waals surface area contributed by atoms with Crippen molar-refractivity contribution in [2.24, 2.45) is 10.2 Å². The maximum absolute atomic E-state index is 10.8. The molecule has 0 aliphatic heterocycles. The topological polar surface area (TPSA) is 91.6 Å². The molecule has 7 nitrogen and oxygen atoms in total. The minimum Gasteiger partial charge on any atom is -0.462 e. The molecule has 16 heavy (non-hydrogen) atoms. The van der Waals surface area contributed by atoms with Crippen LogP contribution >= 0.6 is 0 Å². The lowest BCUT2D eigenvalue weighted by Crippen LogP contribution is -2.28. The first kappa shape index (κ1) is 14.5. The summed E-state index contributed by atoms with van der Waals surface area (Å²) >= 11 is 0. The summed E-state index contributed by atoms with van der Waals surface area (Å²) in [5.74, 6) is 0. The molecular weight excluding hydrogens is 214 g/mol. The first-order chi connectivity index (χ1) is 7.47. The van der Waals surface area contributed by atoms with Crippen LogP contribution in [0.15, 0.2) is 10.2 Å². The Balaban J connectivity index is 3.81. The number of hydrogen-bond donors (Lipinski definition) is 1. The molecule has 1 N–H and O–H groups in total. The zero-order valence-corrected chi connectivity index (χ0v) is 9.71. The molecule has 0 bridgehead atoms. The van der Waals surface area contributed by atoms with Crippen LogP contribution < -0.4 is 0 Å². The molecule has 0 aliphatic carbocycles. The van der Waals surface area contributed by atoms with Crippen LogP contribution in [-0.2, 0) is 4.74 Å². The van der Waals surface area contributed by atoms with Crippen molar-refractivity contribution in [2.75, 3.05) is 20.7 Å². The second kappa shape index (κ2) is 7.75. The summed E-state index contributed by atoms with van der Waals surface area (Å²) in [7, 11) is 3.89. The molecule has 92 valence electrons. The predicted molar refractivity (Wildman–Crippen MR) is 56.6 cm³/mol. The molecule has 0 rings (SSSR count). The Hall–Kier alpha value is -1.50. The summed E-state index contributed by atoms with van der Waals surface area (Å²) in [4.78, 5) is 22.8. The van der Waals surface area contributed by atoms with E-state index in [4.69, 9.17) is 5.11 Å². The van der Waals surface area contributed by atoms with E-state index in [9.17, 15) is 9.59 Å². The van der Waals surface area contributed by atoms with Gasteiger partial charge in [0.2, 0.25) is 0 Å². The van der Waals surface area contributed by atoms with Crippen molar-refractivity contribution in [2.45, 2.75) is 25.8 Å². The number of carbonyl (C=O) groups excluding carboxylic acids is 1. The minimum absolute atomic E-state index is 0.203. The highest BCUT2D eigenvalue weighted by molar-refractivity contribution is 5.71. The van der Waals surface area contributed by atoms with Crippen molar-refractivity contribution >= 4 is 12.2 Å². The van der Waals surface area contributed by atoms with Gasteiger partial charge in [0, 0.05) is 6.04 Å². The third kappa shape index (κ3) is 6.88. The van der Waals surface area contributed by atoms with Crippen LogP contribution in [0.25, 0.3) is 0 Å². The second-order valence-electron chi connectivity index (χ2n) is 3.41. The molecule has 0 aliphatic rings. The van der Waals surface area contributed by atoms with Crippen molar-refractivity contribution in [1.82, 2.24) is 4.90 Å². The molecule has 0 saturated carbocycles. The maximum atomic E-state index is 10.8. The lowest BCUT2D eigenvalue weighted by atomic mass is 10.1. The first-order valence-corrected chi connectivity index (χ1v) is 4.95. The van der Waals surface area contributed by atoms with Gasteiger partial charge in [-0.05, 0) is 26.9 Å². The van der Waals surface area contributed by atoms with E-state index in [1.54, 1.807) is 0 Å². The van der Waals surface area contributed by atoms with Crippen molar-refractivity contribution in [1.29, 1.82) is 0 Å². The van der Waals surface area contributed by atoms with Crippen molar-refractivity contribution in [3.05, 3.63) is 0 Å². The highest BCUT2D eigenvalue weighted by atomic mass is 16.5. The first-order valence-electron chi connectivity index (χ1n) is 4.95. The fourth-order valence-electron chi connectivity index (χ4n) is 1.22. The Kier molecular flexibility index (Phi) is 7.02. The average Bonchev–Trinajstić information content (AvgIpc) is 2.20. The summed E-state index contributed by atoms with van der Waals surface area (Å²) in [6.45, 7) is 2.24. The fraction of sp³-hybridized carbons (Fsp3) is 0.778. The van der Waals surface area contributed by atoms with Crippen molar-refractivity contribution < 1.29 is 19.4 Å². The second-order valence-corrected chi connectivity index (χ2v) is 3.41. The highest BCUT2D eigenvalue weighted by Crippen LogP contribution is 2.04. The van der Waals surface area contributed by atoms with E-state index < -0.39 is 12.2 Å². The normalized spacial score (nSPS) is 13.0. The largest absolute Gasteiger partial charge is 0.462 e. The Morgan fingerprint density at radius 2 is 2.00 bits per heavy atom. The van der Waals surface area contributed by atoms with Crippen LogP contribution in [-0.4, -0.2) is 48.9 Å². The summed E-state index contributed by atoms with van der Waals surface area (Å²) < 4.78 is 4.69. The number of ether oxygens (including phenoxy) is 1. The van der Waals surface area contributed by atoms with Gasteiger partial charge in [-0.25, -0.2) is 9.59 Å². The lowest BCUT2D eigenvalue weighted by molar-refractivity contribution is 0.138. The smallest absolute Gasteiger partial charge is 0.452 e. The molecule has 2 amide bonds. The van der Waals surface area contributed by atoms with E-state index in [1.165, 1.54) is 0 Å². The fourth-order valence-corrected chi connectivity index (χ4v) is 1.22. The van der Waals surface area contributed by atoms with Crippen molar-refractivity contribution in [3.63, 3.8) is 0 Å². The van der Waals surface area contributed by atoms with E-state index in [0.717, 1.165) is 6.42 Å². The number of amides is 2. The Morgan fingerprint density at radius 3 is 2.44 bits per heavy atom. The Bertz CT molecular complexity index is 265. The van der Waals surface area contributed by atoms with Crippen LogP contribution in [0.5, 0.6) is 0 Å². The van der Waals surface area contributed by atoms with E-state index in [0.29, 0.717) is 12.5 Å². The molecule has 0 radical (unpaired) electrons. The molecule has 0 aromatic carbocycles. The van der Waals surface area contributed by atoms with E-state index in [2.05, 4.69) is 15.0 Å². The van der Waals surface area contributed by atoms with E-state index >= 15 is 0 Å². The number of hydrogen-bond acceptors (Lipinski definition) is 4. The van der Waals surface area contributed by atoms with Crippen LogP contribution in [0.1, 0.15) is 19.8 Å². The molecular formula is C9H17N3O4.